The van der Waals surface area contributed by atoms with Crippen LogP contribution in [-0.4, -0.2) is 0 Å². The number of aryl methyl sites for hydroxylation is 2. The SMILES string of the molecule is CCc1ccc(-c2ccc3c(ccc4c3ccc3c5ccc(-c6ccc(CC)cc6)cc5ccc34)c2)cc1. The fraction of sp³-hybridized carbons (Fsp3) is 0.105. The van der Waals surface area contributed by atoms with Crippen molar-refractivity contribution in [3.8, 4) is 22.3 Å². The van der Waals surface area contributed by atoms with Gasteiger partial charge in [0, 0.05) is 0 Å². The number of rotatable bonds is 4. The first-order chi connectivity index (χ1) is 18.7. The van der Waals surface area contributed by atoms with E-state index >= 15 is 0 Å². The van der Waals surface area contributed by atoms with Crippen LogP contribution >= 0.6 is 0 Å². The summed E-state index contributed by atoms with van der Waals surface area (Å²) in [6, 6.07) is 45.5. The van der Waals surface area contributed by atoms with Crippen LogP contribution in [-0.2, 0) is 12.8 Å². The van der Waals surface area contributed by atoms with E-state index in [4.69, 9.17) is 0 Å². The lowest BCUT2D eigenvalue weighted by Gasteiger charge is -2.12. The fourth-order valence-electron chi connectivity index (χ4n) is 5.93. The second-order valence-corrected chi connectivity index (χ2v) is 10.4. The van der Waals surface area contributed by atoms with E-state index in [0.29, 0.717) is 0 Å². The highest BCUT2D eigenvalue weighted by Gasteiger charge is 2.09. The van der Waals surface area contributed by atoms with Crippen LogP contribution in [0.3, 0.4) is 0 Å². The topological polar surface area (TPSA) is 0 Å². The molecular formula is C38H30. The molecule has 0 heteroatoms. The lowest BCUT2D eigenvalue weighted by molar-refractivity contribution is 1.14. The van der Waals surface area contributed by atoms with E-state index in [1.54, 1.807) is 0 Å². The predicted octanol–water partition coefficient (Wildman–Crippen LogP) is 10.8. The summed E-state index contributed by atoms with van der Waals surface area (Å²) in [6.45, 7) is 4.40. The van der Waals surface area contributed by atoms with E-state index in [1.807, 2.05) is 0 Å². The molecule has 0 fully saturated rings. The molecule has 0 spiro atoms. The summed E-state index contributed by atoms with van der Waals surface area (Å²) in [5.74, 6) is 0. The molecule has 0 aliphatic heterocycles. The molecule has 7 aromatic carbocycles. The lowest BCUT2D eigenvalue weighted by atomic mass is 9.92. The molecule has 0 saturated heterocycles. The van der Waals surface area contributed by atoms with E-state index in [0.717, 1.165) is 12.8 Å². The van der Waals surface area contributed by atoms with E-state index in [9.17, 15) is 0 Å². The summed E-state index contributed by atoms with van der Waals surface area (Å²) in [5.41, 5.74) is 7.84. The Balaban J connectivity index is 1.33. The largest absolute Gasteiger partial charge is 0.0613 e. The quantitative estimate of drug-likeness (QED) is 0.217. The Kier molecular flexibility index (Phi) is 5.48. The zero-order chi connectivity index (χ0) is 25.6. The third-order valence-corrected chi connectivity index (χ3v) is 8.22. The first-order valence-corrected chi connectivity index (χ1v) is 13.7. The van der Waals surface area contributed by atoms with Crippen LogP contribution in [0.2, 0.25) is 0 Å². The van der Waals surface area contributed by atoms with Crippen molar-refractivity contribution in [3.63, 3.8) is 0 Å². The molecule has 0 nitrogen and oxygen atoms in total. The molecule has 0 unspecified atom stereocenters. The molecule has 0 atom stereocenters. The molecule has 0 aromatic heterocycles. The molecule has 0 aliphatic carbocycles. The van der Waals surface area contributed by atoms with Crippen LogP contribution in [0.4, 0.5) is 0 Å². The van der Waals surface area contributed by atoms with Crippen molar-refractivity contribution in [1.82, 2.24) is 0 Å². The van der Waals surface area contributed by atoms with E-state index in [-0.39, 0.29) is 0 Å². The van der Waals surface area contributed by atoms with Crippen molar-refractivity contribution in [3.05, 3.63) is 132 Å². The van der Waals surface area contributed by atoms with Crippen molar-refractivity contribution in [2.24, 2.45) is 0 Å². The van der Waals surface area contributed by atoms with Crippen molar-refractivity contribution in [2.75, 3.05) is 0 Å². The third kappa shape index (κ3) is 3.76. The van der Waals surface area contributed by atoms with Crippen LogP contribution in [0.15, 0.2) is 121 Å². The van der Waals surface area contributed by atoms with Crippen LogP contribution in [0.1, 0.15) is 25.0 Å². The molecule has 0 amide bonds. The summed E-state index contributed by atoms with van der Waals surface area (Å²) in [7, 11) is 0. The minimum Gasteiger partial charge on any atom is -0.0613 e. The van der Waals surface area contributed by atoms with Gasteiger partial charge in [0.15, 0.2) is 0 Å². The molecule has 0 bridgehead atoms. The summed E-state index contributed by atoms with van der Waals surface area (Å²) >= 11 is 0. The Morgan fingerprint density at radius 1 is 0.316 bits per heavy atom. The molecule has 7 rings (SSSR count). The second kappa shape index (κ2) is 9.15. The smallest absolute Gasteiger partial charge is 0.00987 e. The molecule has 0 heterocycles. The normalized spacial score (nSPS) is 11.6. The second-order valence-electron chi connectivity index (χ2n) is 10.4. The van der Waals surface area contributed by atoms with E-state index < -0.39 is 0 Å². The number of hydrogen-bond donors (Lipinski definition) is 0. The average Bonchev–Trinajstić information content (AvgIpc) is 3.00. The van der Waals surface area contributed by atoms with Crippen LogP contribution < -0.4 is 0 Å². The molecule has 7 aromatic rings. The molecular weight excluding hydrogens is 456 g/mol. The Morgan fingerprint density at radius 2 is 0.632 bits per heavy atom. The van der Waals surface area contributed by atoms with Gasteiger partial charge in [-0.25, -0.2) is 0 Å². The van der Waals surface area contributed by atoms with Gasteiger partial charge in [-0.2, -0.15) is 0 Å². The first kappa shape index (κ1) is 22.8. The van der Waals surface area contributed by atoms with Crippen molar-refractivity contribution >= 4 is 43.1 Å². The highest BCUT2D eigenvalue weighted by Crippen LogP contribution is 2.37. The lowest BCUT2D eigenvalue weighted by Crippen LogP contribution is -1.86. The van der Waals surface area contributed by atoms with Gasteiger partial charge in [0.1, 0.15) is 0 Å². The molecule has 0 saturated carbocycles. The summed E-state index contributed by atoms with van der Waals surface area (Å²) < 4.78 is 0. The minimum atomic E-state index is 1.07. The molecule has 0 aliphatic rings. The van der Waals surface area contributed by atoms with Crippen LogP contribution in [0.5, 0.6) is 0 Å². The Bertz CT molecular complexity index is 1810. The molecule has 38 heavy (non-hydrogen) atoms. The first-order valence-electron chi connectivity index (χ1n) is 13.7. The fourth-order valence-corrected chi connectivity index (χ4v) is 5.93. The molecule has 0 radical (unpaired) electrons. The summed E-state index contributed by atoms with van der Waals surface area (Å²) in [4.78, 5) is 0. The Labute approximate surface area is 224 Å². The van der Waals surface area contributed by atoms with Gasteiger partial charge >= 0.3 is 0 Å². The highest BCUT2D eigenvalue weighted by atomic mass is 14.1. The van der Waals surface area contributed by atoms with Crippen molar-refractivity contribution in [2.45, 2.75) is 26.7 Å². The van der Waals surface area contributed by atoms with Crippen LogP contribution in [0.25, 0.3) is 65.3 Å². The van der Waals surface area contributed by atoms with Crippen molar-refractivity contribution < 1.29 is 0 Å². The van der Waals surface area contributed by atoms with Gasteiger partial charge in [0.05, 0.1) is 0 Å². The van der Waals surface area contributed by atoms with Gasteiger partial charge in [0.25, 0.3) is 0 Å². The maximum atomic E-state index is 2.33. The van der Waals surface area contributed by atoms with Gasteiger partial charge in [-0.05, 0) is 101 Å². The Hall–Kier alpha value is -4.42. The zero-order valence-corrected chi connectivity index (χ0v) is 22.0. The zero-order valence-electron chi connectivity index (χ0n) is 22.0. The van der Waals surface area contributed by atoms with E-state index in [2.05, 4.69) is 135 Å². The van der Waals surface area contributed by atoms with Gasteiger partial charge in [-0.1, -0.05) is 123 Å². The molecule has 0 N–H and O–H groups in total. The number of hydrogen-bond acceptors (Lipinski definition) is 0. The summed E-state index contributed by atoms with van der Waals surface area (Å²) in [5, 5.41) is 10.5. The van der Waals surface area contributed by atoms with Crippen molar-refractivity contribution in [1.29, 1.82) is 0 Å². The van der Waals surface area contributed by atoms with Gasteiger partial charge < -0.3 is 0 Å². The van der Waals surface area contributed by atoms with Crippen LogP contribution in [0, 0.1) is 0 Å². The number of benzene rings is 7. The number of fused-ring (bicyclic) bond motifs is 7. The van der Waals surface area contributed by atoms with E-state index in [1.165, 1.54) is 76.5 Å². The third-order valence-electron chi connectivity index (χ3n) is 8.22. The minimum absolute atomic E-state index is 1.07. The summed E-state index contributed by atoms with van der Waals surface area (Å²) in [6.07, 6.45) is 2.14. The van der Waals surface area contributed by atoms with Gasteiger partial charge in [0.2, 0.25) is 0 Å². The molecule has 182 valence electrons. The van der Waals surface area contributed by atoms with Gasteiger partial charge in [-0.3, -0.25) is 0 Å². The predicted molar refractivity (Wildman–Crippen MR) is 166 cm³/mol. The maximum absolute atomic E-state index is 2.33. The standard InChI is InChI=1S/C38H30/c1-3-25-5-9-27(10-6-25)29-13-17-33-31(23-29)15-19-37-35(33)21-22-36-34-18-14-30(24-32(34)16-20-38(36)37)28-11-7-26(4-2)8-12-28/h5-24H,3-4H2,1-2H3. The monoisotopic (exact) mass is 486 g/mol. The van der Waals surface area contributed by atoms with Gasteiger partial charge in [-0.15, -0.1) is 0 Å². The highest BCUT2D eigenvalue weighted by molar-refractivity contribution is 6.22. The average molecular weight is 487 g/mol. The maximum Gasteiger partial charge on any atom is -0.00987 e. The Morgan fingerprint density at radius 3 is 1.03 bits per heavy atom.